The maximum absolute atomic E-state index is 12.8. The van der Waals surface area contributed by atoms with E-state index in [1.54, 1.807) is 12.1 Å². The quantitative estimate of drug-likeness (QED) is 0.833. The van der Waals surface area contributed by atoms with Gasteiger partial charge in [-0.1, -0.05) is 19.1 Å². The number of alkyl carbamates (subject to hydrolysis) is 1. The number of carbonyl (C=O) groups excluding carboxylic acids is 2. The van der Waals surface area contributed by atoms with Crippen molar-refractivity contribution in [2.45, 2.75) is 49.7 Å². The van der Waals surface area contributed by atoms with Crippen molar-refractivity contribution in [1.29, 1.82) is 0 Å². The molecule has 1 aliphatic carbocycles. The number of benzene rings is 1. The summed E-state index contributed by atoms with van der Waals surface area (Å²) in [4.78, 5) is 25.8. The molecular formula is C20H23F3N2O3. The standard InChI is InChI=1S/C20H23F3N2O3/c1-18(14-2-4-15(5-3-14)20(21,22)23)6-8-25(9-7-18)16(26)13-10-19(11-13)12-28-17(27)24-19/h2-5,13H,6-12H2,1H3,(H,24,27). The molecule has 1 aromatic carbocycles. The summed E-state index contributed by atoms with van der Waals surface area (Å²) in [7, 11) is 0. The first-order chi connectivity index (χ1) is 13.1. The fourth-order valence-corrected chi connectivity index (χ4v) is 4.60. The average molecular weight is 396 g/mol. The molecule has 1 saturated carbocycles. The summed E-state index contributed by atoms with van der Waals surface area (Å²) in [6, 6.07) is 5.37. The van der Waals surface area contributed by atoms with E-state index in [2.05, 4.69) is 5.32 Å². The van der Waals surface area contributed by atoms with E-state index in [9.17, 15) is 22.8 Å². The summed E-state index contributed by atoms with van der Waals surface area (Å²) < 4.78 is 43.2. The SMILES string of the molecule is CC1(c2ccc(C(F)(F)F)cc2)CCN(C(=O)C2CC3(COC(=O)N3)C2)CC1. The van der Waals surface area contributed by atoms with Crippen molar-refractivity contribution in [3.63, 3.8) is 0 Å². The third kappa shape index (κ3) is 3.33. The topological polar surface area (TPSA) is 58.6 Å². The van der Waals surface area contributed by atoms with Crippen LogP contribution in [0.4, 0.5) is 18.0 Å². The molecule has 5 nitrogen and oxygen atoms in total. The molecular weight excluding hydrogens is 373 g/mol. The number of hydrogen-bond donors (Lipinski definition) is 1. The van der Waals surface area contributed by atoms with Gasteiger partial charge in [0.25, 0.3) is 0 Å². The Kier molecular flexibility index (Phi) is 4.35. The van der Waals surface area contributed by atoms with Gasteiger partial charge in [0.05, 0.1) is 11.1 Å². The Hall–Kier alpha value is -2.25. The molecule has 3 aliphatic rings. The summed E-state index contributed by atoms with van der Waals surface area (Å²) in [6.45, 7) is 3.54. The lowest BCUT2D eigenvalue weighted by Crippen LogP contribution is -2.59. The van der Waals surface area contributed by atoms with Crippen molar-refractivity contribution in [2.75, 3.05) is 19.7 Å². The van der Waals surface area contributed by atoms with E-state index in [0.717, 1.165) is 17.7 Å². The number of halogens is 3. The number of carbonyl (C=O) groups is 2. The van der Waals surface area contributed by atoms with E-state index in [0.29, 0.717) is 45.4 Å². The number of nitrogens with one attached hydrogen (secondary N) is 1. The Balaban J connectivity index is 1.34. The van der Waals surface area contributed by atoms with Gasteiger partial charge >= 0.3 is 12.3 Å². The van der Waals surface area contributed by atoms with Crippen molar-refractivity contribution in [3.05, 3.63) is 35.4 Å². The molecule has 1 N–H and O–H groups in total. The number of alkyl halides is 3. The minimum absolute atomic E-state index is 0.0984. The summed E-state index contributed by atoms with van der Waals surface area (Å²) in [5, 5.41) is 2.79. The van der Waals surface area contributed by atoms with Gasteiger partial charge in [-0.2, -0.15) is 13.2 Å². The van der Waals surface area contributed by atoms with Crippen molar-refractivity contribution in [3.8, 4) is 0 Å². The number of piperidine rings is 1. The summed E-state index contributed by atoms with van der Waals surface area (Å²) >= 11 is 0. The molecule has 2 amide bonds. The molecule has 28 heavy (non-hydrogen) atoms. The van der Waals surface area contributed by atoms with Gasteiger partial charge in [-0.25, -0.2) is 4.79 Å². The largest absolute Gasteiger partial charge is 0.447 e. The summed E-state index contributed by atoms with van der Waals surface area (Å²) in [5.41, 5.74) is -0.382. The average Bonchev–Trinajstić information content (AvgIpc) is 3.02. The molecule has 4 rings (SSSR count). The zero-order valence-corrected chi connectivity index (χ0v) is 15.6. The van der Waals surface area contributed by atoms with Gasteiger partial charge in [-0.05, 0) is 48.8 Å². The molecule has 3 fully saturated rings. The minimum Gasteiger partial charge on any atom is -0.447 e. The van der Waals surface area contributed by atoms with Crippen LogP contribution in [0.3, 0.4) is 0 Å². The van der Waals surface area contributed by atoms with Crippen LogP contribution in [0.15, 0.2) is 24.3 Å². The zero-order chi connectivity index (χ0) is 20.2. The molecule has 2 aliphatic heterocycles. The van der Waals surface area contributed by atoms with Gasteiger partial charge in [0.15, 0.2) is 0 Å². The van der Waals surface area contributed by atoms with E-state index < -0.39 is 17.8 Å². The monoisotopic (exact) mass is 396 g/mol. The number of cyclic esters (lactones) is 1. The van der Waals surface area contributed by atoms with E-state index >= 15 is 0 Å². The third-order valence-electron chi connectivity index (χ3n) is 6.56. The smallest absolute Gasteiger partial charge is 0.416 e. The van der Waals surface area contributed by atoms with Gasteiger partial charge in [0.2, 0.25) is 5.91 Å². The van der Waals surface area contributed by atoms with E-state index in [4.69, 9.17) is 4.74 Å². The Labute approximate surface area is 161 Å². The third-order valence-corrected chi connectivity index (χ3v) is 6.56. The molecule has 0 radical (unpaired) electrons. The molecule has 0 bridgehead atoms. The van der Waals surface area contributed by atoms with Crippen LogP contribution in [0.25, 0.3) is 0 Å². The molecule has 152 valence electrons. The van der Waals surface area contributed by atoms with Gasteiger partial charge < -0.3 is 15.0 Å². The number of rotatable bonds is 2. The fourth-order valence-electron chi connectivity index (χ4n) is 4.60. The number of nitrogens with zero attached hydrogens (tertiary/aromatic N) is 1. The second-order valence-electron chi connectivity index (χ2n) is 8.55. The lowest BCUT2D eigenvalue weighted by molar-refractivity contribution is -0.142. The Morgan fingerprint density at radius 3 is 2.29 bits per heavy atom. The Bertz CT molecular complexity index is 777. The lowest BCUT2D eigenvalue weighted by atomic mass is 9.68. The first kappa shape index (κ1) is 19.1. The van der Waals surface area contributed by atoms with Crippen LogP contribution < -0.4 is 5.32 Å². The zero-order valence-electron chi connectivity index (χ0n) is 15.6. The van der Waals surface area contributed by atoms with Gasteiger partial charge in [-0.3, -0.25) is 4.79 Å². The minimum atomic E-state index is -4.33. The maximum Gasteiger partial charge on any atom is 0.416 e. The first-order valence-electron chi connectivity index (χ1n) is 9.52. The molecule has 0 atom stereocenters. The molecule has 1 aromatic rings. The highest BCUT2D eigenvalue weighted by molar-refractivity contribution is 5.81. The summed E-state index contributed by atoms with van der Waals surface area (Å²) in [5.74, 6) is -0.00123. The molecule has 1 spiro atoms. The van der Waals surface area contributed by atoms with Gasteiger partial charge in [0, 0.05) is 19.0 Å². The number of likely N-dealkylation sites (tertiary alicyclic amines) is 1. The van der Waals surface area contributed by atoms with Crippen molar-refractivity contribution >= 4 is 12.0 Å². The molecule has 0 unspecified atom stereocenters. The molecule has 2 heterocycles. The highest BCUT2D eigenvalue weighted by atomic mass is 19.4. The van der Waals surface area contributed by atoms with Gasteiger partial charge in [0.1, 0.15) is 6.61 Å². The predicted molar refractivity (Wildman–Crippen MR) is 94.5 cm³/mol. The van der Waals surface area contributed by atoms with Gasteiger partial charge in [-0.15, -0.1) is 0 Å². The van der Waals surface area contributed by atoms with Crippen LogP contribution in [-0.4, -0.2) is 42.1 Å². The number of hydrogen-bond acceptors (Lipinski definition) is 3. The lowest BCUT2D eigenvalue weighted by Gasteiger charge is -2.46. The second kappa shape index (κ2) is 6.39. The van der Waals surface area contributed by atoms with Crippen LogP contribution in [0.1, 0.15) is 43.7 Å². The van der Waals surface area contributed by atoms with Crippen LogP contribution in [0.5, 0.6) is 0 Å². The second-order valence-corrected chi connectivity index (χ2v) is 8.55. The first-order valence-corrected chi connectivity index (χ1v) is 9.52. The maximum atomic E-state index is 12.8. The summed E-state index contributed by atoms with van der Waals surface area (Å²) in [6.07, 6.45) is -2.13. The predicted octanol–water partition coefficient (Wildman–Crippen LogP) is 3.47. The molecule has 8 heteroatoms. The van der Waals surface area contributed by atoms with Crippen molar-refractivity contribution < 1.29 is 27.5 Å². The number of ether oxygens (including phenoxy) is 1. The fraction of sp³-hybridized carbons (Fsp3) is 0.600. The van der Waals surface area contributed by atoms with E-state index in [1.807, 2.05) is 11.8 Å². The van der Waals surface area contributed by atoms with Crippen LogP contribution in [0.2, 0.25) is 0 Å². The van der Waals surface area contributed by atoms with Crippen molar-refractivity contribution in [1.82, 2.24) is 10.2 Å². The normalized spacial score (nSPS) is 29.2. The Morgan fingerprint density at radius 2 is 1.79 bits per heavy atom. The van der Waals surface area contributed by atoms with Crippen LogP contribution >= 0.6 is 0 Å². The van der Waals surface area contributed by atoms with Crippen LogP contribution in [0, 0.1) is 5.92 Å². The highest BCUT2D eigenvalue weighted by Crippen LogP contribution is 2.43. The number of amides is 2. The van der Waals surface area contributed by atoms with Crippen LogP contribution in [-0.2, 0) is 21.1 Å². The van der Waals surface area contributed by atoms with Crippen molar-refractivity contribution in [2.24, 2.45) is 5.92 Å². The van der Waals surface area contributed by atoms with E-state index in [-0.39, 0.29) is 22.8 Å². The molecule has 2 saturated heterocycles. The molecule has 0 aromatic heterocycles. The Morgan fingerprint density at radius 1 is 1.18 bits per heavy atom. The highest BCUT2D eigenvalue weighted by Gasteiger charge is 2.53. The van der Waals surface area contributed by atoms with E-state index in [1.165, 1.54) is 0 Å².